The van der Waals surface area contributed by atoms with Crippen molar-refractivity contribution in [3.8, 4) is 0 Å². The molecule has 0 aromatic carbocycles. The van der Waals surface area contributed by atoms with Gasteiger partial charge in [0.1, 0.15) is 0 Å². The Balaban J connectivity index is 1.97. The summed E-state index contributed by atoms with van der Waals surface area (Å²) in [7, 11) is 0. The summed E-state index contributed by atoms with van der Waals surface area (Å²) >= 11 is 0. The van der Waals surface area contributed by atoms with Crippen LogP contribution in [0.2, 0.25) is 0 Å². The lowest BCUT2D eigenvalue weighted by atomic mass is 9.97. The Labute approximate surface area is 103 Å². The monoisotopic (exact) mass is 234 g/mol. The second-order valence-corrected chi connectivity index (χ2v) is 4.76. The van der Waals surface area contributed by atoms with Crippen LogP contribution in [0, 0.1) is 12.8 Å². The number of rotatable bonds is 4. The topological polar surface area (TPSA) is 41.0 Å². The van der Waals surface area contributed by atoms with E-state index < -0.39 is 0 Å². The maximum Gasteiger partial charge on any atom is 0.151 e. The zero-order chi connectivity index (χ0) is 12.1. The smallest absolute Gasteiger partial charge is 0.151 e. The second-order valence-electron chi connectivity index (χ2n) is 4.76. The molecule has 2 heterocycles. The van der Waals surface area contributed by atoms with Gasteiger partial charge < -0.3 is 10.2 Å². The molecule has 1 aromatic heterocycles. The van der Waals surface area contributed by atoms with Crippen molar-refractivity contribution in [1.29, 1.82) is 0 Å². The van der Waals surface area contributed by atoms with Gasteiger partial charge in [-0.1, -0.05) is 0 Å². The summed E-state index contributed by atoms with van der Waals surface area (Å²) in [4.78, 5) is 2.34. The first kappa shape index (κ1) is 12.3. The molecule has 17 heavy (non-hydrogen) atoms. The minimum atomic E-state index is 0.791. The number of nitrogens with one attached hydrogen (secondary N) is 1. The van der Waals surface area contributed by atoms with Gasteiger partial charge in [0.15, 0.2) is 5.82 Å². The molecule has 1 aliphatic rings. The molecule has 0 saturated carbocycles. The molecule has 1 N–H and O–H groups in total. The van der Waals surface area contributed by atoms with Gasteiger partial charge in [-0.05, 0) is 57.8 Å². The molecule has 94 valence electrons. The van der Waals surface area contributed by atoms with Crippen molar-refractivity contribution < 1.29 is 0 Å². The minimum absolute atomic E-state index is 0.791. The Kier molecular flexibility index (Phi) is 4.31. The van der Waals surface area contributed by atoms with Crippen molar-refractivity contribution in [3.63, 3.8) is 0 Å². The lowest BCUT2D eigenvalue weighted by Gasteiger charge is -2.29. The van der Waals surface area contributed by atoms with Crippen LogP contribution < -0.4 is 10.2 Å². The molecule has 0 aliphatic carbocycles. The van der Waals surface area contributed by atoms with Crippen LogP contribution in [0.1, 0.15) is 25.5 Å². The molecule has 0 spiro atoms. The molecule has 1 aliphatic heterocycles. The number of piperidine rings is 1. The first-order valence-corrected chi connectivity index (χ1v) is 6.55. The molecule has 4 heteroatoms. The number of anilines is 1. The van der Waals surface area contributed by atoms with E-state index in [4.69, 9.17) is 0 Å². The van der Waals surface area contributed by atoms with Crippen molar-refractivity contribution in [3.05, 3.63) is 17.8 Å². The minimum Gasteiger partial charge on any atom is -0.355 e. The summed E-state index contributed by atoms with van der Waals surface area (Å²) < 4.78 is 0. The lowest BCUT2D eigenvalue weighted by molar-refractivity contribution is 0.374. The fraction of sp³-hybridized carbons (Fsp3) is 0.692. The summed E-state index contributed by atoms with van der Waals surface area (Å²) in [6.07, 6.45) is 2.55. The highest BCUT2D eigenvalue weighted by molar-refractivity contribution is 5.37. The van der Waals surface area contributed by atoms with Gasteiger partial charge in [-0.25, -0.2) is 0 Å². The molecule has 1 aromatic rings. The van der Waals surface area contributed by atoms with Crippen molar-refractivity contribution in [2.75, 3.05) is 31.1 Å². The summed E-state index contributed by atoms with van der Waals surface area (Å²) in [5.41, 5.74) is 0.978. The standard InChI is InChI=1S/C13H22N4/c1-3-17(10-12-6-8-14-9-7-12)13-5-4-11(2)15-16-13/h4-5,12,14H,3,6-10H2,1-2H3. The zero-order valence-electron chi connectivity index (χ0n) is 10.8. The zero-order valence-corrected chi connectivity index (χ0v) is 10.8. The molecular weight excluding hydrogens is 212 g/mol. The van der Waals surface area contributed by atoms with E-state index in [1.54, 1.807) is 0 Å². The van der Waals surface area contributed by atoms with E-state index in [1.165, 1.54) is 12.8 Å². The number of hydrogen-bond donors (Lipinski definition) is 1. The molecule has 2 rings (SSSR count). The highest BCUT2D eigenvalue weighted by atomic mass is 15.3. The number of nitrogens with zero attached hydrogens (tertiary/aromatic N) is 3. The highest BCUT2D eigenvalue weighted by Crippen LogP contribution is 2.17. The molecule has 0 bridgehead atoms. The predicted molar refractivity (Wildman–Crippen MR) is 70.2 cm³/mol. The Morgan fingerprint density at radius 1 is 1.29 bits per heavy atom. The average molecular weight is 234 g/mol. The quantitative estimate of drug-likeness (QED) is 0.859. The normalized spacial score (nSPS) is 17.1. The van der Waals surface area contributed by atoms with Crippen LogP contribution in [0.3, 0.4) is 0 Å². The molecule has 1 fully saturated rings. The average Bonchev–Trinajstić information content (AvgIpc) is 2.38. The third-order valence-electron chi connectivity index (χ3n) is 3.43. The molecule has 0 amide bonds. The van der Waals surface area contributed by atoms with E-state index in [2.05, 4.69) is 33.4 Å². The molecule has 4 nitrogen and oxygen atoms in total. The first-order chi connectivity index (χ1) is 8.29. The second kappa shape index (κ2) is 5.96. The maximum atomic E-state index is 4.28. The Hall–Kier alpha value is -1.16. The van der Waals surface area contributed by atoms with E-state index in [1.807, 2.05) is 13.0 Å². The van der Waals surface area contributed by atoms with Gasteiger partial charge in [-0.3, -0.25) is 0 Å². The van der Waals surface area contributed by atoms with Crippen LogP contribution in [0.15, 0.2) is 12.1 Å². The van der Waals surface area contributed by atoms with Gasteiger partial charge in [-0.15, -0.1) is 5.10 Å². The predicted octanol–water partition coefficient (Wildman–Crippen LogP) is 1.61. The largest absolute Gasteiger partial charge is 0.355 e. The third kappa shape index (κ3) is 3.40. The Morgan fingerprint density at radius 3 is 2.65 bits per heavy atom. The van der Waals surface area contributed by atoms with E-state index in [0.29, 0.717) is 0 Å². The van der Waals surface area contributed by atoms with Gasteiger partial charge in [0.05, 0.1) is 5.69 Å². The van der Waals surface area contributed by atoms with Crippen molar-refractivity contribution in [2.24, 2.45) is 5.92 Å². The van der Waals surface area contributed by atoms with Gasteiger partial charge in [0, 0.05) is 13.1 Å². The van der Waals surface area contributed by atoms with Gasteiger partial charge in [0.25, 0.3) is 0 Å². The van der Waals surface area contributed by atoms with E-state index in [-0.39, 0.29) is 0 Å². The third-order valence-corrected chi connectivity index (χ3v) is 3.43. The van der Waals surface area contributed by atoms with Crippen molar-refractivity contribution >= 4 is 5.82 Å². The van der Waals surface area contributed by atoms with E-state index >= 15 is 0 Å². The van der Waals surface area contributed by atoms with Crippen molar-refractivity contribution in [1.82, 2.24) is 15.5 Å². The summed E-state index contributed by atoms with van der Waals surface area (Å²) in [5.74, 6) is 1.80. The first-order valence-electron chi connectivity index (χ1n) is 6.55. The van der Waals surface area contributed by atoms with Crippen molar-refractivity contribution in [2.45, 2.75) is 26.7 Å². The molecular formula is C13H22N4. The molecule has 0 unspecified atom stereocenters. The molecule has 0 atom stereocenters. The number of hydrogen-bond acceptors (Lipinski definition) is 4. The summed E-state index contributed by atoms with van der Waals surface area (Å²) in [5, 5.41) is 11.8. The van der Waals surface area contributed by atoms with Gasteiger partial charge in [-0.2, -0.15) is 5.10 Å². The van der Waals surface area contributed by atoms with Gasteiger partial charge >= 0.3 is 0 Å². The molecule has 1 saturated heterocycles. The summed E-state index contributed by atoms with van der Waals surface area (Å²) in [6, 6.07) is 4.11. The Morgan fingerprint density at radius 2 is 2.06 bits per heavy atom. The van der Waals surface area contributed by atoms with Crippen LogP contribution in [-0.2, 0) is 0 Å². The van der Waals surface area contributed by atoms with E-state index in [9.17, 15) is 0 Å². The maximum absolute atomic E-state index is 4.28. The van der Waals surface area contributed by atoms with E-state index in [0.717, 1.165) is 43.6 Å². The fourth-order valence-electron chi connectivity index (χ4n) is 2.32. The highest BCUT2D eigenvalue weighted by Gasteiger charge is 2.17. The number of aromatic nitrogens is 2. The fourth-order valence-corrected chi connectivity index (χ4v) is 2.32. The van der Waals surface area contributed by atoms with Crippen LogP contribution in [0.4, 0.5) is 5.82 Å². The van der Waals surface area contributed by atoms with Crippen LogP contribution >= 0.6 is 0 Å². The Bertz CT molecular complexity index is 330. The summed E-state index contributed by atoms with van der Waals surface area (Å²) in [6.45, 7) is 8.57. The van der Waals surface area contributed by atoms with Crippen LogP contribution in [-0.4, -0.2) is 36.4 Å². The van der Waals surface area contributed by atoms with Crippen LogP contribution in [0.25, 0.3) is 0 Å². The number of aryl methyl sites for hydroxylation is 1. The van der Waals surface area contributed by atoms with Gasteiger partial charge in [0.2, 0.25) is 0 Å². The SMILES string of the molecule is CCN(CC1CCNCC1)c1ccc(C)nn1. The van der Waals surface area contributed by atoms with Crippen LogP contribution in [0.5, 0.6) is 0 Å². The molecule has 0 radical (unpaired) electrons. The lowest BCUT2D eigenvalue weighted by Crippen LogP contribution is -2.36.